The number of halogens is 2. The summed E-state index contributed by atoms with van der Waals surface area (Å²) in [5, 5.41) is 0. The summed E-state index contributed by atoms with van der Waals surface area (Å²) in [6, 6.07) is 14.4. The Hall–Kier alpha value is -3.20. The first-order chi connectivity index (χ1) is 15.7. The highest BCUT2D eigenvalue weighted by Gasteiger charge is 2.37. The number of ether oxygens (including phenoxy) is 1. The van der Waals surface area contributed by atoms with Crippen molar-refractivity contribution >= 4 is 15.7 Å². The lowest BCUT2D eigenvalue weighted by Gasteiger charge is -2.30. The lowest BCUT2D eigenvalue weighted by atomic mass is 10.1. The molecule has 0 aliphatic carbocycles. The number of carbonyl (C=O) groups is 1. The van der Waals surface area contributed by atoms with Gasteiger partial charge in [-0.15, -0.1) is 0 Å². The van der Waals surface area contributed by atoms with Crippen LogP contribution in [-0.4, -0.2) is 42.9 Å². The van der Waals surface area contributed by atoms with Crippen LogP contribution in [0.2, 0.25) is 0 Å². The molecule has 1 aliphatic rings. The van der Waals surface area contributed by atoms with Crippen LogP contribution in [0.15, 0.2) is 65.1 Å². The van der Waals surface area contributed by atoms with Crippen molar-refractivity contribution in [2.45, 2.75) is 32.0 Å². The molecule has 4 rings (SSSR count). The van der Waals surface area contributed by atoms with Gasteiger partial charge >= 0.3 is 0 Å². The zero-order chi connectivity index (χ0) is 23.6. The molecule has 1 fully saturated rings. The second kappa shape index (κ2) is 9.35. The van der Waals surface area contributed by atoms with Crippen molar-refractivity contribution in [1.82, 2.24) is 4.90 Å². The number of rotatable bonds is 7. The molecule has 2 aromatic carbocycles. The summed E-state index contributed by atoms with van der Waals surface area (Å²) in [5.74, 6) is -0.735. The van der Waals surface area contributed by atoms with Gasteiger partial charge in [0.1, 0.15) is 17.3 Å². The number of sulfone groups is 1. The van der Waals surface area contributed by atoms with Gasteiger partial charge in [0.2, 0.25) is 0 Å². The molecule has 0 saturated carbocycles. The Morgan fingerprint density at radius 2 is 1.85 bits per heavy atom. The van der Waals surface area contributed by atoms with Crippen LogP contribution < -0.4 is 4.74 Å². The Morgan fingerprint density at radius 1 is 1.12 bits per heavy atom. The number of hydrogen-bond donors (Lipinski definition) is 0. The smallest absolute Gasteiger partial charge is 0.264 e. The van der Waals surface area contributed by atoms with E-state index >= 15 is 0 Å². The zero-order valence-corrected chi connectivity index (χ0v) is 18.7. The number of hydrogen-bond acceptors (Lipinski definition) is 5. The SMILES string of the molecule is C[C@H](Oc1ccccc1F)C(=O)N(Cc1ccc(-c2ccc(F)cc2)o1)[C@@H]1CCS(=O)(=O)C1. The fourth-order valence-electron chi connectivity index (χ4n) is 3.82. The monoisotopic (exact) mass is 475 g/mol. The number of nitrogens with zero attached hydrogens (tertiary/aromatic N) is 1. The second-order valence-corrected chi connectivity index (χ2v) is 10.2. The van der Waals surface area contributed by atoms with Gasteiger partial charge in [-0.1, -0.05) is 12.1 Å². The standard InChI is InChI=1S/C24H23F2NO5S/c1-16(31-23-5-3-2-4-21(23)26)24(28)27(19-12-13-33(29,30)15-19)14-20-10-11-22(32-20)17-6-8-18(25)9-7-17/h2-11,16,19H,12-15H2,1H3/t16-,19+/m0/s1. The van der Waals surface area contributed by atoms with Crippen LogP contribution in [0.25, 0.3) is 11.3 Å². The zero-order valence-electron chi connectivity index (χ0n) is 17.9. The largest absolute Gasteiger partial charge is 0.478 e. The summed E-state index contributed by atoms with van der Waals surface area (Å²) >= 11 is 0. The molecule has 6 nitrogen and oxygen atoms in total. The topological polar surface area (TPSA) is 76.8 Å². The van der Waals surface area contributed by atoms with Gasteiger partial charge in [-0.3, -0.25) is 4.79 Å². The highest BCUT2D eigenvalue weighted by molar-refractivity contribution is 7.91. The van der Waals surface area contributed by atoms with E-state index in [1.54, 1.807) is 30.3 Å². The normalized spacial score (nSPS) is 18.1. The molecule has 1 saturated heterocycles. The molecule has 1 aliphatic heterocycles. The van der Waals surface area contributed by atoms with Gasteiger partial charge in [-0.2, -0.15) is 0 Å². The summed E-state index contributed by atoms with van der Waals surface area (Å²) < 4.78 is 62.7. The fraction of sp³-hybridized carbons (Fsp3) is 0.292. The van der Waals surface area contributed by atoms with Gasteiger partial charge in [-0.05, 0) is 61.9 Å². The summed E-state index contributed by atoms with van der Waals surface area (Å²) in [5.41, 5.74) is 0.667. The van der Waals surface area contributed by atoms with E-state index in [2.05, 4.69) is 0 Å². The number of carbonyl (C=O) groups excluding carboxylic acids is 1. The number of amides is 1. The summed E-state index contributed by atoms with van der Waals surface area (Å²) in [4.78, 5) is 14.7. The van der Waals surface area contributed by atoms with Crippen molar-refractivity contribution in [3.8, 4) is 17.1 Å². The molecule has 2 heterocycles. The van der Waals surface area contributed by atoms with Crippen molar-refractivity contribution < 1.29 is 31.1 Å². The molecule has 0 unspecified atom stereocenters. The minimum Gasteiger partial charge on any atom is -0.478 e. The second-order valence-electron chi connectivity index (χ2n) is 7.99. The van der Waals surface area contributed by atoms with Crippen LogP contribution in [0, 0.1) is 11.6 Å². The molecule has 1 aromatic heterocycles. The highest BCUT2D eigenvalue weighted by atomic mass is 32.2. The van der Waals surface area contributed by atoms with Gasteiger partial charge in [0, 0.05) is 11.6 Å². The fourth-order valence-corrected chi connectivity index (χ4v) is 5.55. The van der Waals surface area contributed by atoms with Crippen molar-refractivity contribution in [2.75, 3.05) is 11.5 Å². The van der Waals surface area contributed by atoms with E-state index < -0.39 is 33.7 Å². The third-order valence-corrected chi connectivity index (χ3v) is 7.29. The molecule has 2 atom stereocenters. The third-order valence-electron chi connectivity index (χ3n) is 5.54. The Kier molecular flexibility index (Phi) is 6.51. The number of para-hydroxylation sites is 1. The Balaban J connectivity index is 1.56. The average Bonchev–Trinajstić information content (AvgIpc) is 3.39. The molecular formula is C24H23F2NO5S. The van der Waals surface area contributed by atoms with Crippen molar-refractivity contribution in [2.24, 2.45) is 0 Å². The molecule has 1 amide bonds. The van der Waals surface area contributed by atoms with E-state index in [1.165, 1.54) is 42.2 Å². The molecular weight excluding hydrogens is 452 g/mol. The minimum absolute atomic E-state index is 0.0109. The number of furan rings is 1. The lowest BCUT2D eigenvalue weighted by Crippen LogP contribution is -2.46. The van der Waals surface area contributed by atoms with Gasteiger partial charge in [0.25, 0.3) is 5.91 Å². The molecule has 33 heavy (non-hydrogen) atoms. The summed E-state index contributed by atoms with van der Waals surface area (Å²) in [6.07, 6.45) is -0.747. The van der Waals surface area contributed by atoms with Crippen molar-refractivity contribution in [3.05, 3.63) is 78.1 Å². The van der Waals surface area contributed by atoms with Crippen LogP contribution in [0.3, 0.4) is 0 Å². The van der Waals surface area contributed by atoms with E-state index in [0.717, 1.165) is 0 Å². The molecule has 174 valence electrons. The van der Waals surface area contributed by atoms with Crippen LogP contribution in [0.5, 0.6) is 5.75 Å². The van der Waals surface area contributed by atoms with Crippen molar-refractivity contribution in [1.29, 1.82) is 0 Å². The van der Waals surface area contributed by atoms with E-state index in [-0.39, 0.29) is 29.6 Å². The predicted octanol–water partition coefficient (Wildman–Crippen LogP) is 4.21. The van der Waals surface area contributed by atoms with Gasteiger partial charge in [-0.25, -0.2) is 17.2 Å². The Labute approximate surface area is 190 Å². The molecule has 9 heteroatoms. The predicted molar refractivity (Wildman–Crippen MR) is 118 cm³/mol. The molecule has 3 aromatic rings. The first kappa shape index (κ1) is 23.0. The van der Waals surface area contributed by atoms with Crippen LogP contribution in [0.4, 0.5) is 8.78 Å². The van der Waals surface area contributed by atoms with Gasteiger partial charge in [0.05, 0.1) is 18.1 Å². The maximum atomic E-state index is 14.0. The van der Waals surface area contributed by atoms with Crippen molar-refractivity contribution in [3.63, 3.8) is 0 Å². The Morgan fingerprint density at radius 3 is 2.52 bits per heavy atom. The summed E-state index contributed by atoms with van der Waals surface area (Å²) in [7, 11) is -3.26. The van der Waals surface area contributed by atoms with E-state index in [4.69, 9.17) is 9.15 Å². The average molecular weight is 476 g/mol. The Bertz CT molecular complexity index is 1240. The maximum absolute atomic E-state index is 14.0. The molecule has 0 N–H and O–H groups in total. The first-order valence-corrected chi connectivity index (χ1v) is 12.3. The highest BCUT2D eigenvalue weighted by Crippen LogP contribution is 2.27. The van der Waals surface area contributed by atoms with E-state index in [0.29, 0.717) is 23.5 Å². The first-order valence-electron chi connectivity index (χ1n) is 10.5. The molecule has 0 spiro atoms. The van der Waals surface area contributed by atoms with E-state index in [9.17, 15) is 22.0 Å². The van der Waals surface area contributed by atoms with Crippen LogP contribution >= 0.6 is 0 Å². The minimum atomic E-state index is -3.26. The summed E-state index contributed by atoms with van der Waals surface area (Å²) in [6.45, 7) is 1.52. The maximum Gasteiger partial charge on any atom is 0.264 e. The van der Waals surface area contributed by atoms with Crippen LogP contribution in [-0.2, 0) is 21.2 Å². The van der Waals surface area contributed by atoms with Gasteiger partial charge < -0.3 is 14.1 Å². The van der Waals surface area contributed by atoms with Crippen LogP contribution in [0.1, 0.15) is 19.1 Å². The third kappa shape index (κ3) is 5.42. The van der Waals surface area contributed by atoms with Gasteiger partial charge in [0.15, 0.2) is 27.5 Å². The van der Waals surface area contributed by atoms with E-state index in [1.807, 2.05) is 0 Å². The molecule has 0 bridgehead atoms. The quantitative estimate of drug-likeness (QED) is 0.512. The lowest BCUT2D eigenvalue weighted by molar-refractivity contribution is -0.141. The molecule has 0 radical (unpaired) electrons. The number of benzene rings is 2.